The van der Waals surface area contributed by atoms with Crippen LogP contribution in [-0.4, -0.2) is 71.3 Å². The summed E-state index contributed by atoms with van der Waals surface area (Å²) in [5.74, 6) is 3.89. The first-order chi connectivity index (χ1) is 24.9. The fourth-order valence-electron chi connectivity index (χ4n) is 11.6. The molecule has 3 aromatic rings. The van der Waals surface area contributed by atoms with Gasteiger partial charge in [-0.15, -0.1) is 0 Å². The van der Waals surface area contributed by atoms with Gasteiger partial charge in [-0.1, -0.05) is 44.0 Å². The lowest BCUT2D eigenvalue weighted by Crippen LogP contribution is -2.50. The quantitative estimate of drug-likeness (QED) is 0.218. The lowest BCUT2D eigenvalue weighted by Gasteiger charge is -2.58. The van der Waals surface area contributed by atoms with Crippen LogP contribution in [-0.2, 0) is 11.2 Å². The summed E-state index contributed by atoms with van der Waals surface area (Å²) < 4.78 is 21.6. The Morgan fingerprint density at radius 2 is 1.71 bits per heavy atom. The second-order valence-electron chi connectivity index (χ2n) is 16.9. The van der Waals surface area contributed by atoms with Gasteiger partial charge in [0.2, 0.25) is 0 Å². The van der Waals surface area contributed by atoms with Gasteiger partial charge in [0.05, 0.1) is 22.7 Å². The van der Waals surface area contributed by atoms with E-state index in [2.05, 4.69) is 22.0 Å². The molecule has 7 nitrogen and oxygen atoms in total. The van der Waals surface area contributed by atoms with E-state index < -0.39 is 5.82 Å². The van der Waals surface area contributed by atoms with Gasteiger partial charge >= 0.3 is 0 Å². The van der Waals surface area contributed by atoms with Crippen molar-refractivity contribution in [2.75, 3.05) is 39.3 Å². The van der Waals surface area contributed by atoms with E-state index in [-0.39, 0.29) is 17.0 Å². The lowest BCUT2D eigenvalue weighted by molar-refractivity contribution is -0.0979. The number of halogens is 1. The molecular weight excluding hydrogens is 639 g/mol. The van der Waals surface area contributed by atoms with Crippen molar-refractivity contribution in [2.24, 2.45) is 35.0 Å². The third-order valence-electron chi connectivity index (χ3n) is 14.4. The fourth-order valence-corrected chi connectivity index (χ4v) is 11.6. The number of unbranched alkanes of at least 4 members (excludes halogenated alkanes) is 2. The van der Waals surface area contributed by atoms with Crippen molar-refractivity contribution in [3.63, 3.8) is 0 Å². The van der Waals surface area contributed by atoms with Crippen LogP contribution in [0.1, 0.15) is 112 Å². The summed E-state index contributed by atoms with van der Waals surface area (Å²) in [6.07, 6.45) is 18.7. The van der Waals surface area contributed by atoms with Crippen LogP contribution in [0.15, 0.2) is 47.3 Å². The Labute approximate surface area is 302 Å². The van der Waals surface area contributed by atoms with Gasteiger partial charge in [-0.25, -0.2) is 9.49 Å². The zero-order valence-corrected chi connectivity index (χ0v) is 30.6. The van der Waals surface area contributed by atoms with Crippen molar-refractivity contribution >= 4 is 16.7 Å². The lowest BCUT2D eigenvalue weighted by atomic mass is 9.47. The summed E-state index contributed by atoms with van der Waals surface area (Å²) in [5, 5.41) is 8.14. The minimum atomic E-state index is -0.505. The van der Waals surface area contributed by atoms with Gasteiger partial charge in [0.25, 0.3) is 11.5 Å². The van der Waals surface area contributed by atoms with Crippen molar-refractivity contribution in [1.82, 2.24) is 20.0 Å². The molecule has 1 unspecified atom stereocenters. The minimum Gasteiger partial charge on any atom is -0.378 e. The second kappa shape index (κ2) is 15.1. The minimum absolute atomic E-state index is 0.0993. The number of rotatable bonds is 10. The third kappa shape index (κ3) is 7.04. The molecule has 7 atom stereocenters. The number of nitrogens with one attached hydrogen (secondary N) is 1. The van der Waals surface area contributed by atoms with Crippen molar-refractivity contribution in [3.8, 4) is 0 Å². The molecule has 8 heteroatoms. The van der Waals surface area contributed by atoms with Crippen molar-refractivity contribution < 1.29 is 13.9 Å². The third-order valence-corrected chi connectivity index (χ3v) is 14.4. The summed E-state index contributed by atoms with van der Waals surface area (Å²) in [7, 11) is 0. The molecule has 0 spiro atoms. The molecular formula is C43H57FN4O3. The fraction of sp³-hybridized carbons (Fsp3) is 0.651. The maximum Gasteiger partial charge on any atom is 0.272 e. The maximum absolute atomic E-state index is 14.9. The Balaban J connectivity index is 0.755. The van der Waals surface area contributed by atoms with E-state index in [0.717, 1.165) is 79.6 Å². The Morgan fingerprint density at radius 1 is 0.902 bits per heavy atom. The first-order valence-electron chi connectivity index (χ1n) is 20.3. The first kappa shape index (κ1) is 35.0. The summed E-state index contributed by atoms with van der Waals surface area (Å²) in [6, 6.07) is 12.0. The molecule has 4 aliphatic carbocycles. The molecule has 2 aromatic carbocycles. The van der Waals surface area contributed by atoms with E-state index in [4.69, 9.17) is 4.74 Å². The molecule has 8 rings (SSSR count). The zero-order chi connectivity index (χ0) is 35.0. The zero-order valence-electron chi connectivity index (χ0n) is 30.6. The van der Waals surface area contributed by atoms with Gasteiger partial charge in [-0.2, -0.15) is 5.10 Å². The van der Waals surface area contributed by atoms with Crippen molar-refractivity contribution in [3.05, 3.63) is 75.5 Å². The number of piperazine rings is 1. The highest BCUT2D eigenvalue weighted by molar-refractivity contribution is 5.95. The normalized spacial score (nSPS) is 30.9. The highest BCUT2D eigenvalue weighted by Crippen LogP contribution is 2.63. The number of aromatic amines is 1. The van der Waals surface area contributed by atoms with E-state index in [9.17, 15) is 14.0 Å². The number of nitrogens with zero attached hydrogens (tertiary/aromatic N) is 3. The molecule has 5 aliphatic rings. The molecule has 1 saturated heterocycles. The first-order valence-corrected chi connectivity index (χ1v) is 20.3. The van der Waals surface area contributed by atoms with Crippen LogP contribution in [0, 0.1) is 40.8 Å². The van der Waals surface area contributed by atoms with E-state index in [1.165, 1.54) is 76.7 Å². The Morgan fingerprint density at radius 3 is 2.57 bits per heavy atom. The number of carbonyl (C=O) groups excluding carboxylic acids is 1. The monoisotopic (exact) mass is 696 g/mol. The predicted molar refractivity (Wildman–Crippen MR) is 199 cm³/mol. The summed E-state index contributed by atoms with van der Waals surface area (Å²) in [4.78, 5) is 29.9. The molecule has 51 heavy (non-hydrogen) atoms. The summed E-state index contributed by atoms with van der Waals surface area (Å²) >= 11 is 0. The average Bonchev–Trinajstić information content (AvgIpc) is 3.58. The molecule has 1 aliphatic heterocycles. The number of benzene rings is 2. The van der Waals surface area contributed by atoms with Gasteiger partial charge in [-0.05, 0) is 136 Å². The Bertz CT molecular complexity index is 1750. The number of H-pyrrole nitrogens is 1. The van der Waals surface area contributed by atoms with Gasteiger partial charge in [0, 0.05) is 44.6 Å². The van der Waals surface area contributed by atoms with Crippen LogP contribution >= 0.6 is 0 Å². The largest absolute Gasteiger partial charge is 0.378 e. The topological polar surface area (TPSA) is 78.5 Å². The van der Waals surface area contributed by atoms with Gasteiger partial charge < -0.3 is 9.64 Å². The van der Waals surface area contributed by atoms with Gasteiger partial charge in [-0.3, -0.25) is 14.5 Å². The highest BCUT2D eigenvalue weighted by atomic mass is 19.1. The van der Waals surface area contributed by atoms with Crippen LogP contribution in [0.4, 0.5) is 4.39 Å². The number of amides is 1. The van der Waals surface area contributed by atoms with Crippen LogP contribution in [0.3, 0.4) is 0 Å². The standard InChI is InChI=1S/C43H57FN4O3/c1-43-20-6-5-9-30(43)13-14-32-31-16-19-40(34(31)15-17-37(32)43)51-26-8-2-7-21-47-22-24-48(25-23-47)42(50)36-27-29(12-18-38(36)44)28-39-33-10-3-4-11-35(33)41(49)46-45-39/h3-4,10-12,18,27,30-32,34,37,40H,2,5-9,13-17,19-26,28H2,1H3,(H,46,49)/t30-,31+,32+,34?,37+,40+,43+/m0/s1. The molecule has 1 aromatic heterocycles. The molecule has 1 amide bonds. The molecule has 2 heterocycles. The molecule has 0 bridgehead atoms. The molecule has 4 saturated carbocycles. The van der Waals surface area contributed by atoms with Crippen LogP contribution in [0.5, 0.6) is 0 Å². The number of ether oxygens (including phenoxy) is 1. The molecule has 1 N–H and O–H groups in total. The summed E-state index contributed by atoms with van der Waals surface area (Å²) in [5.41, 5.74) is 1.96. The number of hydrogen-bond acceptors (Lipinski definition) is 5. The van der Waals surface area contributed by atoms with E-state index >= 15 is 0 Å². The molecule has 274 valence electrons. The molecule has 5 fully saturated rings. The average molecular weight is 697 g/mol. The number of hydrogen-bond donors (Lipinski definition) is 1. The van der Waals surface area contributed by atoms with Crippen molar-refractivity contribution in [1.29, 1.82) is 0 Å². The number of carbonyl (C=O) groups is 1. The Hall–Kier alpha value is -3.10. The Kier molecular flexibility index (Phi) is 10.3. The van der Waals surface area contributed by atoms with E-state index in [1.807, 2.05) is 18.2 Å². The van der Waals surface area contributed by atoms with E-state index in [0.29, 0.717) is 42.1 Å². The van der Waals surface area contributed by atoms with Crippen LogP contribution in [0.25, 0.3) is 10.8 Å². The van der Waals surface area contributed by atoms with Crippen molar-refractivity contribution in [2.45, 2.75) is 103 Å². The SMILES string of the molecule is C[C@@]12CCCC[C@H]1CC[C@H]1[C@H]2CCC2[C@H](OCCCCCN3CCN(C(=O)c4cc(Cc5n[nH]c(=O)c6ccccc56)ccc4F)CC3)CC[C@@H]21. The van der Waals surface area contributed by atoms with Gasteiger partial charge in [0.15, 0.2) is 0 Å². The van der Waals surface area contributed by atoms with Crippen LogP contribution in [0.2, 0.25) is 0 Å². The second-order valence-corrected chi connectivity index (χ2v) is 16.9. The van der Waals surface area contributed by atoms with Gasteiger partial charge in [0.1, 0.15) is 5.82 Å². The molecule has 0 radical (unpaired) electrons. The van der Waals surface area contributed by atoms with Crippen LogP contribution < -0.4 is 5.56 Å². The smallest absolute Gasteiger partial charge is 0.272 e. The predicted octanol–water partition coefficient (Wildman–Crippen LogP) is 8.01. The van der Waals surface area contributed by atoms with E-state index in [1.54, 1.807) is 23.1 Å². The number of aromatic nitrogens is 2. The highest BCUT2D eigenvalue weighted by Gasteiger charge is 2.55. The number of fused-ring (bicyclic) bond motifs is 6. The maximum atomic E-state index is 14.9. The summed E-state index contributed by atoms with van der Waals surface area (Å²) in [6.45, 7) is 7.42.